The molecule has 0 bridgehead atoms. The van der Waals surface area contributed by atoms with E-state index in [1.807, 2.05) is 13.0 Å². The molecule has 0 heterocycles. The molecule has 2 amide bonds. The van der Waals surface area contributed by atoms with Crippen LogP contribution in [0.15, 0.2) is 48.5 Å². The first-order valence-corrected chi connectivity index (χ1v) is 9.37. The zero-order valence-corrected chi connectivity index (χ0v) is 16.8. The van der Waals surface area contributed by atoms with E-state index >= 15 is 0 Å². The van der Waals surface area contributed by atoms with Gasteiger partial charge in [0.2, 0.25) is 5.91 Å². The highest BCUT2D eigenvalue weighted by molar-refractivity contribution is 6.32. The summed E-state index contributed by atoms with van der Waals surface area (Å²) in [5, 5.41) is 3.73. The topological polar surface area (TPSA) is 58.6 Å². The summed E-state index contributed by atoms with van der Waals surface area (Å²) in [6.07, 6.45) is 0. The number of amides is 2. The van der Waals surface area contributed by atoms with Gasteiger partial charge in [0, 0.05) is 18.1 Å². The van der Waals surface area contributed by atoms with Crippen LogP contribution in [0.1, 0.15) is 19.4 Å². The van der Waals surface area contributed by atoms with E-state index in [0.717, 1.165) is 5.56 Å². The maximum atomic E-state index is 12.8. The maximum absolute atomic E-state index is 12.8. The van der Waals surface area contributed by atoms with Crippen molar-refractivity contribution >= 4 is 35.0 Å². The van der Waals surface area contributed by atoms with Gasteiger partial charge in [0.05, 0.1) is 5.02 Å². The molecule has 144 valence electrons. The Kier molecular flexibility index (Phi) is 7.95. The first-order valence-electron chi connectivity index (χ1n) is 8.61. The summed E-state index contributed by atoms with van der Waals surface area (Å²) >= 11 is 12.1. The molecule has 0 aliphatic carbocycles. The van der Waals surface area contributed by atoms with Crippen LogP contribution in [0.25, 0.3) is 0 Å². The number of carbonyl (C=O) groups is 2. The fourth-order valence-corrected chi connectivity index (χ4v) is 2.92. The number of hydrogen-bond acceptors (Lipinski definition) is 3. The molecule has 1 atom stereocenters. The van der Waals surface area contributed by atoms with Crippen LogP contribution in [-0.2, 0) is 16.1 Å². The van der Waals surface area contributed by atoms with E-state index in [0.29, 0.717) is 22.3 Å². The largest absolute Gasteiger partial charge is 0.482 e. The normalized spacial score (nSPS) is 11.6. The van der Waals surface area contributed by atoms with Crippen LogP contribution in [0.5, 0.6) is 5.75 Å². The summed E-state index contributed by atoms with van der Waals surface area (Å²) in [7, 11) is 0. The van der Waals surface area contributed by atoms with Crippen LogP contribution in [0, 0.1) is 0 Å². The number of ether oxygens (including phenoxy) is 1. The van der Waals surface area contributed by atoms with Gasteiger partial charge in [-0.2, -0.15) is 0 Å². The molecule has 0 aromatic heterocycles. The average molecular weight is 409 g/mol. The van der Waals surface area contributed by atoms with Crippen molar-refractivity contribution in [2.75, 3.05) is 13.2 Å². The molecule has 5 nitrogen and oxygen atoms in total. The summed E-state index contributed by atoms with van der Waals surface area (Å²) in [6, 6.07) is 13.4. The highest BCUT2D eigenvalue weighted by Crippen LogP contribution is 2.23. The summed E-state index contributed by atoms with van der Waals surface area (Å²) in [5.41, 5.74) is 0.824. The molecule has 0 unspecified atom stereocenters. The van der Waals surface area contributed by atoms with E-state index in [-0.39, 0.29) is 25.0 Å². The minimum atomic E-state index is -0.661. The highest BCUT2D eigenvalue weighted by Gasteiger charge is 2.26. The van der Waals surface area contributed by atoms with E-state index in [4.69, 9.17) is 27.9 Å². The first-order chi connectivity index (χ1) is 12.9. The molecule has 0 saturated heterocycles. The maximum Gasteiger partial charge on any atom is 0.261 e. The molecule has 0 spiro atoms. The number of likely N-dealkylation sites (N-methyl/N-ethyl adjacent to an activating group) is 1. The van der Waals surface area contributed by atoms with Crippen molar-refractivity contribution in [3.8, 4) is 5.75 Å². The molecular formula is C20H22Cl2N2O3. The summed E-state index contributed by atoms with van der Waals surface area (Å²) in [5.74, 6) is -0.139. The number of rotatable bonds is 8. The van der Waals surface area contributed by atoms with Gasteiger partial charge in [-0.15, -0.1) is 0 Å². The van der Waals surface area contributed by atoms with Crippen molar-refractivity contribution in [2.24, 2.45) is 0 Å². The number of benzene rings is 2. The molecule has 0 radical (unpaired) electrons. The van der Waals surface area contributed by atoms with Crippen molar-refractivity contribution in [2.45, 2.75) is 26.4 Å². The van der Waals surface area contributed by atoms with Crippen molar-refractivity contribution in [3.05, 3.63) is 64.1 Å². The molecule has 27 heavy (non-hydrogen) atoms. The smallest absolute Gasteiger partial charge is 0.261 e. The standard InChI is InChI=1S/C20H22Cl2N2O3/c1-3-23-20(26)14(2)24(12-15-7-6-8-16(21)11-15)19(25)13-27-18-10-5-4-9-17(18)22/h4-11,14H,3,12-13H2,1-2H3,(H,23,26)/t14-/m1/s1. The SMILES string of the molecule is CCNC(=O)[C@@H](C)N(Cc1cccc(Cl)c1)C(=O)COc1ccccc1Cl. The Bertz CT molecular complexity index is 798. The lowest BCUT2D eigenvalue weighted by atomic mass is 10.1. The Morgan fingerprint density at radius 1 is 1.15 bits per heavy atom. The second-order valence-electron chi connectivity index (χ2n) is 5.94. The van der Waals surface area contributed by atoms with Gasteiger partial charge in [-0.25, -0.2) is 0 Å². The fraction of sp³-hybridized carbons (Fsp3) is 0.300. The van der Waals surface area contributed by atoms with Gasteiger partial charge in [0.25, 0.3) is 5.91 Å². The van der Waals surface area contributed by atoms with Gasteiger partial charge in [-0.1, -0.05) is 47.5 Å². The Morgan fingerprint density at radius 2 is 1.89 bits per heavy atom. The Hall–Kier alpha value is -2.24. The molecule has 0 aliphatic rings. The number of nitrogens with one attached hydrogen (secondary N) is 1. The number of hydrogen-bond donors (Lipinski definition) is 1. The number of carbonyl (C=O) groups excluding carboxylic acids is 2. The van der Waals surface area contributed by atoms with Crippen LogP contribution < -0.4 is 10.1 Å². The third kappa shape index (κ3) is 6.15. The van der Waals surface area contributed by atoms with Crippen LogP contribution in [0.3, 0.4) is 0 Å². The molecule has 0 fully saturated rings. The molecule has 7 heteroatoms. The molecule has 1 N–H and O–H groups in total. The fourth-order valence-electron chi connectivity index (χ4n) is 2.52. The quantitative estimate of drug-likeness (QED) is 0.719. The van der Waals surface area contributed by atoms with E-state index in [1.54, 1.807) is 49.4 Å². The lowest BCUT2D eigenvalue weighted by Gasteiger charge is -2.28. The van der Waals surface area contributed by atoms with E-state index in [1.165, 1.54) is 4.90 Å². The van der Waals surface area contributed by atoms with Gasteiger partial charge in [0.1, 0.15) is 11.8 Å². The molecular weight excluding hydrogens is 387 g/mol. The highest BCUT2D eigenvalue weighted by atomic mass is 35.5. The number of para-hydroxylation sites is 1. The van der Waals surface area contributed by atoms with Crippen LogP contribution in [0.2, 0.25) is 10.0 Å². The molecule has 0 saturated carbocycles. The number of nitrogens with zero attached hydrogens (tertiary/aromatic N) is 1. The predicted molar refractivity (Wildman–Crippen MR) is 107 cm³/mol. The lowest BCUT2D eigenvalue weighted by molar-refractivity contribution is -0.142. The summed E-state index contributed by atoms with van der Waals surface area (Å²) < 4.78 is 5.55. The van der Waals surface area contributed by atoms with Crippen molar-refractivity contribution in [1.82, 2.24) is 10.2 Å². The van der Waals surface area contributed by atoms with Crippen molar-refractivity contribution in [1.29, 1.82) is 0 Å². The molecule has 2 aromatic carbocycles. The summed E-state index contributed by atoms with van der Waals surface area (Å²) in [6.45, 7) is 4.01. The monoisotopic (exact) mass is 408 g/mol. The van der Waals surface area contributed by atoms with Gasteiger partial charge in [-0.3, -0.25) is 9.59 Å². The third-order valence-electron chi connectivity index (χ3n) is 3.95. The van der Waals surface area contributed by atoms with E-state index in [9.17, 15) is 9.59 Å². The van der Waals surface area contributed by atoms with Gasteiger partial charge in [0.15, 0.2) is 6.61 Å². The van der Waals surface area contributed by atoms with E-state index in [2.05, 4.69) is 5.32 Å². The van der Waals surface area contributed by atoms with Gasteiger partial charge >= 0.3 is 0 Å². The Morgan fingerprint density at radius 3 is 2.56 bits per heavy atom. The Balaban J connectivity index is 2.15. The second-order valence-corrected chi connectivity index (χ2v) is 6.78. The molecule has 2 rings (SSSR count). The Labute approximate surface area is 169 Å². The van der Waals surface area contributed by atoms with Gasteiger partial charge < -0.3 is 15.0 Å². The van der Waals surface area contributed by atoms with Crippen molar-refractivity contribution < 1.29 is 14.3 Å². The third-order valence-corrected chi connectivity index (χ3v) is 4.50. The predicted octanol–water partition coefficient (Wildman–Crippen LogP) is 3.93. The van der Waals surface area contributed by atoms with Crippen molar-refractivity contribution in [3.63, 3.8) is 0 Å². The van der Waals surface area contributed by atoms with E-state index < -0.39 is 6.04 Å². The minimum absolute atomic E-state index is 0.228. The lowest BCUT2D eigenvalue weighted by Crippen LogP contribution is -2.49. The molecule has 0 aliphatic heterocycles. The first kappa shape index (κ1) is 21.1. The average Bonchev–Trinajstić information content (AvgIpc) is 2.65. The second kappa shape index (κ2) is 10.2. The van der Waals surface area contributed by atoms with Crippen LogP contribution in [0.4, 0.5) is 0 Å². The summed E-state index contributed by atoms with van der Waals surface area (Å²) in [4.78, 5) is 26.6. The molecule has 2 aromatic rings. The number of halogens is 2. The zero-order valence-electron chi connectivity index (χ0n) is 15.2. The van der Waals surface area contributed by atoms with Gasteiger partial charge in [-0.05, 0) is 43.7 Å². The zero-order chi connectivity index (χ0) is 19.8. The van der Waals surface area contributed by atoms with Crippen LogP contribution in [-0.4, -0.2) is 35.9 Å². The minimum Gasteiger partial charge on any atom is -0.482 e. The van der Waals surface area contributed by atoms with Crippen LogP contribution >= 0.6 is 23.2 Å².